The van der Waals surface area contributed by atoms with Gasteiger partial charge in [-0.2, -0.15) is 0 Å². The maximum atomic E-state index is 14.0. The highest BCUT2D eigenvalue weighted by molar-refractivity contribution is 5.94. The number of aromatic nitrogens is 1. The van der Waals surface area contributed by atoms with E-state index in [0.717, 1.165) is 55.3 Å². The number of nitrogens with zero attached hydrogens (tertiary/aromatic N) is 4. The van der Waals surface area contributed by atoms with Crippen LogP contribution in [0.3, 0.4) is 0 Å². The van der Waals surface area contributed by atoms with E-state index in [1.807, 2.05) is 59.2 Å². The third-order valence-corrected chi connectivity index (χ3v) is 8.47. The molecule has 0 radical (unpaired) electrons. The molecule has 5 rings (SSSR count). The molecular formula is C32H42N4O3. The van der Waals surface area contributed by atoms with Crippen LogP contribution in [0.2, 0.25) is 0 Å². The first-order valence-electron chi connectivity index (χ1n) is 14.7. The predicted molar refractivity (Wildman–Crippen MR) is 154 cm³/mol. The Hall–Kier alpha value is -3.19. The minimum Gasteiger partial charge on any atom is -0.356 e. The van der Waals surface area contributed by atoms with Crippen LogP contribution in [0.1, 0.15) is 70.6 Å². The van der Waals surface area contributed by atoms with Crippen molar-refractivity contribution in [2.45, 2.75) is 84.3 Å². The highest BCUT2D eigenvalue weighted by Gasteiger charge is 2.34. The van der Waals surface area contributed by atoms with Crippen molar-refractivity contribution in [1.29, 1.82) is 0 Å². The van der Waals surface area contributed by atoms with E-state index >= 15 is 0 Å². The molecule has 2 bridgehead atoms. The van der Waals surface area contributed by atoms with Gasteiger partial charge in [-0.1, -0.05) is 62.7 Å². The second-order valence-electron chi connectivity index (χ2n) is 11.6. The molecule has 3 aromatic rings. The zero-order valence-electron chi connectivity index (χ0n) is 23.6. The zero-order chi connectivity index (χ0) is 27.4. The van der Waals surface area contributed by atoms with Gasteiger partial charge in [-0.25, -0.2) is 0 Å². The number of rotatable bonds is 6. The molecular weight excluding hydrogens is 488 g/mol. The van der Waals surface area contributed by atoms with Gasteiger partial charge in [-0.05, 0) is 61.9 Å². The quantitative estimate of drug-likeness (QED) is 0.402. The Morgan fingerprint density at radius 1 is 1.00 bits per heavy atom. The smallest absolute Gasteiger partial charge is 0.229 e. The summed E-state index contributed by atoms with van der Waals surface area (Å²) >= 11 is 0. The Balaban J connectivity index is 1.51. The molecule has 7 nitrogen and oxygen atoms in total. The summed E-state index contributed by atoms with van der Waals surface area (Å²) in [4.78, 5) is 33.9. The van der Waals surface area contributed by atoms with E-state index in [2.05, 4.69) is 30.0 Å². The van der Waals surface area contributed by atoms with Crippen LogP contribution in [-0.4, -0.2) is 58.5 Å². The molecule has 0 saturated carbocycles. The second kappa shape index (κ2) is 12.3. The fraction of sp³-hybridized carbons (Fsp3) is 0.531. The SMILES string of the molecule is CCC(=O)N1CCC2CCCC(CN(C(=O)Cc3noc4ccccc34)Cc3ccccc31)N2CCC(C)C. The predicted octanol–water partition coefficient (Wildman–Crippen LogP) is 5.82. The van der Waals surface area contributed by atoms with Crippen LogP contribution in [0, 0.1) is 5.92 Å². The van der Waals surface area contributed by atoms with Crippen molar-refractivity contribution in [1.82, 2.24) is 15.0 Å². The summed E-state index contributed by atoms with van der Waals surface area (Å²) in [7, 11) is 0. The summed E-state index contributed by atoms with van der Waals surface area (Å²) in [6, 6.07) is 16.5. The van der Waals surface area contributed by atoms with E-state index in [0.29, 0.717) is 55.3 Å². The van der Waals surface area contributed by atoms with E-state index < -0.39 is 0 Å². The molecule has 2 amide bonds. The fourth-order valence-electron chi connectivity index (χ4n) is 6.29. The number of amides is 2. The molecule has 2 aromatic carbocycles. The van der Waals surface area contributed by atoms with Gasteiger partial charge in [0.2, 0.25) is 11.8 Å². The number of hydrogen-bond donors (Lipinski definition) is 0. The summed E-state index contributed by atoms with van der Waals surface area (Å²) in [5, 5.41) is 5.14. The molecule has 208 valence electrons. The van der Waals surface area contributed by atoms with Gasteiger partial charge in [0, 0.05) is 49.2 Å². The van der Waals surface area contributed by atoms with Crippen LogP contribution in [0.4, 0.5) is 5.69 Å². The number of piperidine rings is 1. The van der Waals surface area contributed by atoms with Crippen LogP contribution < -0.4 is 4.90 Å². The van der Waals surface area contributed by atoms with Crippen LogP contribution in [0.15, 0.2) is 53.1 Å². The monoisotopic (exact) mass is 530 g/mol. The van der Waals surface area contributed by atoms with E-state index in [1.54, 1.807) is 0 Å². The van der Waals surface area contributed by atoms with Crippen LogP contribution >= 0.6 is 0 Å². The average molecular weight is 531 g/mol. The van der Waals surface area contributed by atoms with Gasteiger partial charge in [-0.3, -0.25) is 14.5 Å². The standard InChI is InChI=1S/C32H42N4O3/c1-4-31(37)36-19-17-25-11-9-12-26(35(25)18-16-23(2)3)22-34(21-24-10-5-7-14-29(24)36)32(38)20-28-27-13-6-8-15-30(27)39-33-28/h5-8,10,13-15,23,25-26H,4,9,11-12,16-22H2,1-3H3. The minimum atomic E-state index is 0.0439. The molecule has 1 fully saturated rings. The summed E-state index contributed by atoms with van der Waals surface area (Å²) in [5.41, 5.74) is 3.33. The van der Waals surface area contributed by atoms with Crippen molar-refractivity contribution >= 4 is 28.5 Å². The Bertz CT molecular complexity index is 1290. The Kier molecular flexibility index (Phi) is 8.66. The second-order valence-corrected chi connectivity index (χ2v) is 11.6. The third-order valence-electron chi connectivity index (χ3n) is 8.47. The van der Waals surface area contributed by atoms with Crippen molar-refractivity contribution in [3.05, 3.63) is 59.8 Å². The largest absolute Gasteiger partial charge is 0.356 e. The van der Waals surface area contributed by atoms with Crippen molar-refractivity contribution < 1.29 is 14.1 Å². The minimum absolute atomic E-state index is 0.0439. The number of para-hydroxylation sites is 2. The van der Waals surface area contributed by atoms with Gasteiger partial charge in [0.15, 0.2) is 5.58 Å². The molecule has 2 aliphatic heterocycles. The van der Waals surface area contributed by atoms with Crippen molar-refractivity contribution in [3.8, 4) is 0 Å². The van der Waals surface area contributed by atoms with Gasteiger partial charge in [-0.15, -0.1) is 0 Å². The van der Waals surface area contributed by atoms with E-state index in [4.69, 9.17) is 4.52 Å². The first-order chi connectivity index (χ1) is 18.9. The fourth-order valence-corrected chi connectivity index (χ4v) is 6.29. The van der Waals surface area contributed by atoms with Crippen molar-refractivity contribution in [3.63, 3.8) is 0 Å². The van der Waals surface area contributed by atoms with Gasteiger partial charge >= 0.3 is 0 Å². The topological polar surface area (TPSA) is 69.9 Å². The Morgan fingerprint density at radius 2 is 1.77 bits per heavy atom. The lowest BCUT2D eigenvalue weighted by Crippen LogP contribution is -2.53. The first kappa shape index (κ1) is 27.4. The maximum Gasteiger partial charge on any atom is 0.229 e. The summed E-state index contributed by atoms with van der Waals surface area (Å²) in [5.74, 6) is 0.793. The molecule has 1 aromatic heterocycles. The molecule has 3 heterocycles. The molecule has 39 heavy (non-hydrogen) atoms. The summed E-state index contributed by atoms with van der Waals surface area (Å²) in [6.07, 6.45) is 6.11. The van der Waals surface area contributed by atoms with Crippen molar-refractivity contribution in [2.24, 2.45) is 5.92 Å². The van der Waals surface area contributed by atoms with Crippen LogP contribution in [0.5, 0.6) is 0 Å². The average Bonchev–Trinajstić information content (AvgIpc) is 3.34. The number of benzene rings is 2. The van der Waals surface area contributed by atoms with Gasteiger partial charge in [0.1, 0.15) is 5.69 Å². The molecule has 7 heteroatoms. The van der Waals surface area contributed by atoms with Crippen LogP contribution in [-0.2, 0) is 22.6 Å². The lowest BCUT2D eigenvalue weighted by atomic mass is 9.92. The van der Waals surface area contributed by atoms with E-state index in [-0.39, 0.29) is 18.2 Å². The third kappa shape index (κ3) is 6.19. The number of fused-ring (bicyclic) bond motifs is 4. The molecule has 2 unspecified atom stereocenters. The van der Waals surface area contributed by atoms with Gasteiger partial charge in [0.05, 0.1) is 6.42 Å². The summed E-state index contributed by atoms with van der Waals surface area (Å²) in [6.45, 7) is 9.36. The van der Waals surface area contributed by atoms with Gasteiger partial charge < -0.3 is 14.3 Å². The highest BCUT2D eigenvalue weighted by Crippen LogP contribution is 2.31. The lowest BCUT2D eigenvalue weighted by Gasteiger charge is -2.44. The normalized spacial score (nSPS) is 20.6. The molecule has 1 saturated heterocycles. The number of hydrogen-bond acceptors (Lipinski definition) is 5. The Morgan fingerprint density at radius 3 is 2.59 bits per heavy atom. The Labute approximate surface area is 232 Å². The number of carbonyl (C=O) groups excluding carboxylic acids is 2. The molecule has 2 atom stereocenters. The first-order valence-corrected chi connectivity index (χ1v) is 14.7. The van der Waals surface area contributed by atoms with Crippen molar-refractivity contribution in [2.75, 3.05) is 24.5 Å². The van der Waals surface area contributed by atoms with Gasteiger partial charge in [0.25, 0.3) is 0 Å². The molecule has 0 N–H and O–H groups in total. The number of carbonyl (C=O) groups is 2. The summed E-state index contributed by atoms with van der Waals surface area (Å²) < 4.78 is 5.51. The van der Waals surface area contributed by atoms with E-state index in [9.17, 15) is 9.59 Å². The maximum absolute atomic E-state index is 14.0. The van der Waals surface area contributed by atoms with E-state index in [1.165, 1.54) is 0 Å². The zero-order valence-corrected chi connectivity index (χ0v) is 23.6. The highest BCUT2D eigenvalue weighted by atomic mass is 16.5. The lowest BCUT2D eigenvalue weighted by molar-refractivity contribution is -0.132. The van der Waals surface area contributed by atoms with Crippen LogP contribution in [0.25, 0.3) is 11.0 Å². The molecule has 2 aliphatic rings. The molecule has 0 spiro atoms. The molecule has 0 aliphatic carbocycles. The number of anilines is 1.